The van der Waals surface area contributed by atoms with Crippen LogP contribution in [0, 0.1) is 0 Å². The average molecular weight is 397 g/mol. The first-order valence-corrected chi connectivity index (χ1v) is 8.18. The molecule has 1 heterocycles. The van der Waals surface area contributed by atoms with E-state index in [1.54, 1.807) is 6.07 Å². The van der Waals surface area contributed by atoms with Gasteiger partial charge in [-0.3, -0.25) is 19.3 Å². The molecule has 0 aromatic heterocycles. The summed E-state index contributed by atoms with van der Waals surface area (Å²) in [6, 6.07) is 8.47. The van der Waals surface area contributed by atoms with Crippen molar-refractivity contribution in [2.75, 3.05) is 11.9 Å². The van der Waals surface area contributed by atoms with Crippen molar-refractivity contribution in [2.45, 2.75) is 12.6 Å². The summed E-state index contributed by atoms with van der Waals surface area (Å²) in [5, 5.41) is 2.58. The standard InChI is InChI=1S/C18H12ClF3N2O3/c19-13-3-1-2-12-15(13)17(27)24(16(12)26)9-8-14(25)23-11-6-4-10(5-7-11)18(20,21)22/h1-7H,8-9H2,(H,23,25). The van der Waals surface area contributed by atoms with Crippen molar-refractivity contribution in [1.29, 1.82) is 0 Å². The predicted octanol–water partition coefficient (Wildman–Crippen LogP) is 3.98. The SMILES string of the molecule is O=C(CCN1C(=O)c2cccc(Cl)c2C1=O)Nc1ccc(C(F)(F)F)cc1. The Labute approximate surface area is 156 Å². The Morgan fingerprint density at radius 3 is 2.30 bits per heavy atom. The highest BCUT2D eigenvalue weighted by atomic mass is 35.5. The van der Waals surface area contributed by atoms with Crippen LogP contribution < -0.4 is 5.32 Å². The Morgan fingerprint density at radius 1 is 1.04 bits per heavy atom. The molecular weight excluding hydrogens is 385 g/mol. The lowest BCUT2D eigenvalue weighted by Gasteiger charge is -2.14. The number of fused-ring (bicyclic) bond motifs is 1. The molecule has 0 aliphatic carbocycles. The molecule has 0 fully saturated rings. The van der Waals surface area contributed by atoms with Crippen molar-refractivity contribution in [1.82, 2.24) is 4.90 Å². The van der Waals surface area contributed by atoms with Gasteiger partial charge in [0.25, 0.3) is 11.8 Å². The van der Waals surface area contributed by atoms with Crippen LogP contribution in [-0.4, -0.2) is 29.2 Å². The summed E-state index contributed by atoms with van der Waals surface area (Å²) in [7, 11) is 0. The normalized spacial score (nSPS) is 13.7. The molecule has 0 bridgehead atoms. The maximum atomic E-state index is 12.5. The van der Waals surface area contributed by atoms with Gasteiger partial charge in [0.2, 0.25) is 5.91 Å². The molecule has 3 amide bonds. The molecule has 27 heavy (non-hydrogen) atoms. The zero-order chi connectivity index (χ0) is 19.8. The molecule has 0 atom stereocenters. The molecular formula is C18H12ClF3N2O3. The van der Waals surface area contributed by atoms with Crippen LogP contribution in [0.25, 0.3) is 0 Å². The number of halogens is 4. The van der Waals surface area contributed by atoms with Crippen LogP contribution in [0.2, 0.25) is 5.02 Å². The van der Waals surface area contributed by atoms with E-state index in [0.717, 1.165) is 29.2 Å². The van der Waals surface area contributed by atoms with Gasteiger partial charge in [0, 0.05) is 18.7 Å². The van der Waals surface area contributed by atoms with Crippen LogP contribution in [0.3, 0.4) is 0 Å². The van der Waals surface area contributed by atoms with Crippen molar-refractivity contribution in [3.8, 4) is 0 Å². The summed E-state index contributed by atoms with van der Waals surface area (Å²) in [4.78, 5) is 37.5. The fourth-order valence-corrected chi connectivity index (χ4v) is 2.93. The Morgan fingerprint density at radius 2 is 1.70 bits per heavy atom. The number of hydrogen-bond donors (Lipinski definition) is 1. The first kappa shape index (κ1) is 18.9. The number of nitrogens with one attached hydrogen (secondary N) is 1. The number of imide groups is 1. The van der Waals surface area contributed by atoms with E-state index in [2.05, 4.69) is 5.32 Å². The van der Waals surface area contributed by atoms with Crippen molar-refractivity contribution in [3.05, 3.63) is 64.2 Å². The Balaban J connectivity index is 1.61. The molecule has 9 heteroatoms. The monoisotopic (exact) mass is 396 g/mol. The van der Waals surface area contributed by atoms with Crippen LogP contribution in [0.1, 0.15) is 32.7 Å². The van der Waals surface area contributed by atoms with Crippen molar-refractivity contribution in [2.24, 2.45) is 0 Å². The van der Waals surface area contributed by atoms with E-state index >= 15 is 0 Å². The van der Waals surface area contributed by atoms with Crippen LogP contribution in [-0.2, 0) is 11.0 Å². The lowest BCUT2D eigenvalue weighted by molar-refractivity contribution is -0.137. The molecule has 140 valence electrons. The lowest BCUT2D eigenvalue weighted by Crippen LogP contribution is -2.32. The van der Waals surface area contributed by atoms with E-state index in [1.165, 1.54) is 12.1 Å². The lowest BCUT2D eigenvalue weighted by atomic mass is 10.1. The third kappa shape index (κ3) is 3.80. The van der Waals surface area contributed by atoms with Gasteiger partial charge >= 0.3 is 6.18 Å². The fourth-order valence-electron chi connectivity index (χ4n) is 2.67. The summed E-state index contributed by atoms with van der Waals surface area (Å²) in [6.45, 7) is -0.171. The smallest absolute Gasteiger partial charge is 0.326 e. The van der Waals surface area contributed by atoms with Crippen LogP contribution in [0.15, 0.2) is 42.5 Å². The molecule has 1 aliphatic rings. The van der Waals surface area contributed by atoms with Crippen LogP contribution in [0.5, 0.6) is 0 Å². The molecule has 0 saturated heterocycles. The molecule has 2 aromatic carbocycles. The second-order valence-electron chi connectivity index (χ2n) is 5.80. The number of carbonyl (C=O) groups is 3. The second-order valence-corrected chi connectivity index (χ2v) is 6.20. The predicted molar refractivity (Wildman–Crippen MR) is 91.5 cm³/mol. The van der Waals surface area contributed by atoms with Gasteiger partial charge in [0.1, 0.15) is 0 Å². The third-order valence-electron chi connectivity index (χ3n) is 4.01. The van der Waals surface area contributed by atoms with Gasteiger partial charge < -0.3 is 5.32 Å². The first-order valence-electron chi connectivity index (χ1n) is 7.80. The van der Waals surface area contributed by atoms with Gasteiger partial charge in [-0.1, -0.05) is 17.7 Å². The number of rotatable bonds is 4. The maximum Gasteiger partial charge on any atom is 0.416 e. The molecule has 0 spiro atoms. The Bertz CT molecular complexity index is 926. The Hall–Kier alpha value is -2.87. The summed E-state index contributed by atoms with van der Waals surface area (Å²) >= 11 is 5.95. The highest BCUT2D eigenvalue weighted by Gasteiger charge is 2.37. The van der Waals surface area contributed by atoms with Crippen molar-refractivity contribution < 1.29 is 27.6 Å². The molecule has 2 aromatic rings. The number of carbonyl (C=O) groups excluding carboxylic acids is 3. The molecule has 0 unspecified atom stereocenters. The fraction of sp³-hybridized carbons (Fsp3) is 0.167. The summed E-state index contributed by atoms with van der Waals surface area (Å²) in [5.41, 5.74) is -0.371. The Kier molecular flexibility index (Phi) is 4.93. The van der Waals surface area contributed by atoms with E-state index in [0.29, 0.717) is 0 Å². The van der Waals surface area contributed by atoms with Gasteiger partial charge in [0.15, 0.2) is 0 Å². The topological polar surface area (TPSA) is 66.5 Å². The zero-order valence-electron chi connectivity index (χ0n) is 13.6. The quantitative estimate of drug-likeness (QED) is 0.795. The van der Waals surface area contributed by atoms with Gasteiger partial charge in [-0.25, -0.2) is 0 Å². The molecule has 1 aliphatic heterocycles. The number of alkyl halides is 3. The summed E-state index contributed by atoms with van der Waals surface area (Å²) < 4.78 is 37.6. The van der Waals surface area contributed by atoms with Crippen LogP contribution in [0.4, 0.5) is 18.9 Å². The molecule has 0 radical (unpaired) electrons. The number of benzene rings is 2. The van der Waals surface area contributed by atoms with Gasteiger partial charge in [-0.15, -0.1) is 0 Å². The van der Waals surface area contributed by atoms with E-state index in [1.807, 2.05) is 0 Å². The molecule has 3 rings (SSSR count). The van der Waals surface area contributed by atoms with E-state index in [9.17, 15) is 27.6 Å². The van der Waals surface area contributed by atoms with E-state index < -0.39 is 29.5 Å². The minimum absolute atomic E-state index is 0.104. The third-order valence-corrected chi connectivity index (χ3v) is 4.32. The highest BCUT2D eigenvalue weighted by molar-refractivity contribution is 6.37. The van der Waals surface area contributed by atoms with E-state index in [4.69, 9.17) is 11.6 Å². The molecule has 5 nitrogen and oxygen atoms in total. The number of nitrogens with zero attached hydrogens (tertiary/aromatic N) is 1. The summed E-state index contributed by atoms with van der Waals surface area (Å²) in [6.07, 6.45) is -4.67. The van der Waals surface area contributed by atoms with Crippen molar-refractivity contribution in [3.63, 3.8) is 0 Å². The van der Waals surface area contributed by atoms with Gasteiger partial charge in [0.05, 0.1) is 21.7 Å². The average Bonchev–Trinajstić information content (AvgIpc) is 2.85. The zero-order valence-corrected chi connectivity index (χ0v) is 14.4. The number of hydrogen-bond acceptors (Lipinski definition) is 3. The minimum Gasteiger partial charge on any atom is -0.326 e. The van der Waals surface area contributed by atoms with Gasteiger partial charge in [-0.05, 0) is 36.4 Å². The largest absolute Gasteiger partial charge is 0.416 e. The minimum atomic E-state index is -4.46. The van der Waals surface area contributed by atoms with Crippen molar-refractivity contribution >= 4 is 35.0 Å². The first-order chi connectivity index (χ1) is 12.7. The molecule has 0 saturated carbocycles. The maximum absolute atomic E-state index is 12.5. The number of amides is 3. The number of anilines is 1. The van der Waals surface area contributed by atoms with Crippen LogP contribution >= 0.6 is 11.6 Å². The second kappa shape index (κ2) is 7.03. The highest BCUT2D eigenvalue weighted by Crippen LogP contribution is 2.30. The van der Waals surface area contributed by atoms with Gasteiger partial charge in [-0.2, -0.15) is 13.2 Å². The molecule has 1 N–H and O–H groups in total. The summed E-state index contributed by atoms with van der Waals surface area (Å²) in [5.74, 6) is -1.67. The van der Waals surface area contributed by atoms with E-state index in [-0.39, 0.29) is 34.8 Å².